The van der Waals surface area contributed by atoms with Gasteiger partial charge >= 0.3 is 0 Å². The summed E-state index contributed by atoms with van der Waals surface area (Å²) in [6.07, 6.45) is 2.02. The Bertz CT molecular complexity index is 416. The average Bonchev–Trinajstić information content (AvgIpc) is 2.86. The first-order valence-corrected chi connectivity index (χ1v) is 6.97. The molecule has 0 spiro atoms. The van der Waals surface area contributed by atoms with Gasteiger partial charge in [0.15, 0.2) is 5.96 Å². The van der Waals surface area contributed by atoms with Crippen molar-refractivity contribution in [2.75, 3.05) is 26.7 Å². The number of aryl methyl sites for hydroxylation is 2. The molecule has 1 N–H and O–H groups in total. The number of hydrogen-bond donors (Lipinski definition) is 1. The number of guanidine groups is 1. The van der Waals surface area contributed by atoms with E-state index in [9.17, 15) is 0 Å². The minimum atomic E-state index is 0. The molecule has 2 heterocycles. The van der Waals surface area contributed by atoms with Crippen LogP contribution in [0.4, 0.5) is 0 Å². The second kappa shape index (κ2) is 7.28. The maximum absolute atomic E-state index is 4.64. The van der Waals surface area contributed by atoms with Crippen molar-refractivity contribution in [1.29, 1.82) is 0 Å². The van der Waals surface area contributed by atoms with Crippen molar-refractivity contribution in [2.45, 2.75) is 26.7 Å². The van der Waals surface area contributed by atoms with Crippen LogP contribution in [0.25, 0.3) is 0 Å². The molecule has 2 rings (SSSR count). The van der Waals surface area contributed by atoms with Gasteiger partial charge < -0.3 is 10.2 Å². The van der Waals surface area contributed by atoms with Gasteiger partial charge in [0.05, 0.1) is 17.2 Å². The molecule has 0 saturated heterocycles. The molecule has 0 aromatic carbocycles. The normalized spacial score (nSPS) is 14.4. The monoisotopic (exact) mass is 380 g/mol. The highest BCUT2D eigenvalue weighted by atomic mass is 127. The number of thiazole rings is 1. The molecule has 0 saturated carbocycles. The zero-order valence-corrected chi connectivity index (χ0v) is 14.3. The van der Waals surface area contributed by atoms with Gasteiger partial charge in [-0.05, 0) is 13.3 Å². The Hall–Kier alpha value is -0.370. The summed E-state index contributed by atoms with van der Waals surface area (Å²) in [5.74, 6) is 1.02. The summed E-state index contributed by atoms with van der Waals surface area (Å²) in [6.45, 7) is 7.17. The van der Waals surface area contributed by atoms with Crippen LogP contribution in [0.2, 0.25) is 0 Å². The maximum atomic E-state index is 4.64. The van der Waals surface area contributed by atoms with Gasteiger partial charge in [0.1, 0.15) is 0 Å². The third kappa shape index (κ3) is 3.81. The van der Waals surface area contributed by atoms with Crippen LogP contribution in [0.3, 0.4) is 0 Å². The molecule has 1 aromatic heterocycles. The summed E-state index contributed by atoms with van der Waals surface area (Å²) in [6, 6.07) is 0. The molecule has 6 heteroatoms. The topological polar surface area (TPSA) is 40.5 Å². The minimum Gasteiger partial charge on any atom is -0.356 e. The van der Waals surface area contributed by atoms with E-state index in [0.717, 1.165) is 38.4 Å². The van der Waals surface area contributed by atoms with Crippen LogP contribution in [0, 0.1) is 6.92 Å². The number of hydrogen-bond acceptors (Lipinski definition) is 5. The molecular weight excluding hydrogens is 359 g/mol. The van der Waals surface area contributed by atoms with Crippen LogP contribution in [-0.4, -0.2) is 42.5 Å². The van der Waals surface area contributed by atoms with Crippen LogP contribution in [0.5, 0.6) is 0 Å². The molecule has 1 aliphatic heterocycles. The molecule has 18 heavy (non-hydrogen) atoms. The van der Waals surface area contributed by atoms with E-state index in [4.69, 9.17) is 0 Å². The highest BCUT2D eigenvalue weighted by Crippen LogP contribution is 2.17. The fraction of sp³-hybridized carbons (Fsp3) is 0.667. The molecule has 0 atom stereocenters. The molecule has 0 unspecified atom stereocenters. The number of nitrogens with one attached hydrogen (secondary N) is 1. The summed E-state index contributed by atoms with van der Waals surface area (Å²) >= 11 is 1.82. The molecule has 1 aromatic rings. The van der Waals surface area contributed by atoms with Gasteiger partial charge in [0.25, 0.3) is 0 Å². The lowest BCUT2D eigenvalue weighted by atomic mass is 10.3. The van der Waals surface area contributed by atoms with E-state index >= 15 is 0 Å². The van der Waals surface area contributed by atoms with Crippen LogP contribution >= 0.6 is 35.3 Å². The number of aromatic nitrogens is 1. The summed E-state index contributed by atoms with van der Waals surface area (Å²) < 4.78 is 0. The zero-order valence-electron chi connectivity index (χ0n) is 11.2. The third-order valence-electron chi connectivity index (χ3n) is 2.95. The molecule has 0 fully saturated rings. The molecule has 0 amide bonds. The summed E-state index contributed by atoms with van der Waals surface area (Å²) in [5.41, 5.74) is 1.25. The second-order valence-corrected chi connectivity index (χ2v) is 5.56. The number of rotatable bonds is 4. The van der Waals surface area contributed by atoms with Crippen LogP contribution in [-0.2, 0) is 12.8 Å². The van der Waals surface area contributed by atoms with Crippen LogP contribution in [0.1, 0.15) is 22.5 Å². The van der Waals surface area contributed by atoms with E-state index < -0.39 is 0 Å². The fourth-order valence-electron chi connectivity index (χ4n) is 1.93. The Labute approximate surface area is 130 Å². The Morgan fingerprint density at radius 2 is 2.22 bits per heavy atom. The van der Waals surface area contributed by atoms with Crippen molar-refractivity contribution in [3.8, 4) is 0 Å². The smallest absolute Gasteiger partial charge is 0.193 e. The predicted octanol–water partition coefficient (Wildman–Crippen LogP) is 2.07. The van der Waals surface area contributed by atoms with E-state index in [0.29, 0.717) is 0 Å². The van der Waals surface area contributed by atoms with E-state index in [1.165, 1.54) is 15.6 Å². The summed E-state index contributed by atoms with van der Waals surface area (Å²) in [7, 11) is 2.07. The van der Waals surface area contributed by atoms with Gasteiger partial charge in [0.2, 0.25) is 0 Å². The van der Waals surface area contributed by atoms with Crippen molar-refractivity contribution in [1.82, 2.24) is 15.2 Å². The maximum Gasteiger partial charge on any atom is 0.193 e. The molecule has 0 radical (unpaired) electrons. The highest BCUT2D eigenvalue weighted by Gasteiger charge is 2.11. The van der Waals surface area contributed by atoms with Crippen LogP contribution < -0.4 is 5.32 Å². The van der Waals surface area contributed by atoms with Crippen molar-refractivity contribution in [3.05, 3.63) is 15.6 Å². The Balaban J connectivity index is 0.00000162. The predicted molar refractivity (Wildman–Crippen MR) is 88.3 cm³/mol. The summed E-state index contributed by atoms with van der Waals surface area (Å²) in [4.78, 5) is 12.6. The van der Waals surface area contributed by atoms with Crippen molar-refractivity contribution < 1.29 is 0 Å². The first kappa shape index (κ1) is 15.7. The Morgan fingerprint density at radius 3 is 2.78 bits per heavy atom. The Kier molecular flexibility index (Phi) is 6.34. The molecule has 0 aliphatic carbocycles. The standard InChI is InChI=1S/C12H20N4S.HI/c1-4-10-9(2)17-11(15-10)5-6-13-12-14-7-8-16(12)3;/h4-8H2,1-3H3,(H,13,14);1H. The summed E-state index contributed by atoms with van der Waals surface area (Å²) in [5, 5.41) is 4.60. The molecule has 4 nitrogen and oxygen atoms in total. The van der Waals surface area contributed by atoms with Crippen molar-refractivity contribution in [3.63, 3.8) is 0 Å². The van der Waals surface area contributed by atoms with Gasteiger partial charge in [-0.15, -0.1) is 35.3 Å². The van der Waals surface area contributed by atoms with Crippen molar-refractivity contribution >= 4 is 41.3 Å². The lowest BCUT2D eigenvalue weighted by Gasteiger charge is -2.14. The van der Waals surface area contributed by atoms with Gasteiger partial charge in [-0.3, -0.25) is 4.99 Å². The average molecular weight is 380 g/mol. The van der Waals surface area contributed by atoms with Gasteiger partial charge in [-0.25, -0.2) is 4.98 Å². The molecule has 0 bridgehead atoms. The number of nitrogens with zero attached hydrogens (tertiary/aromatic N) is 3. The number of aliphatic imine (C=N–C) groups is 1. The number of halogens is 1. The lowest BCUT2D eigenvalue weighted by Crippen LogP contribution is -2.36. The fourth-order valence-corrected chi connectivity index (χ4v) is 2.95. The molecule has 102 valence electrons. The van der Waals surface area contributed by atoms with Gasteiger partial charge in [0, 0.05) is 31.4 Å². The second-order valence-electron chi connectivity index (χ2n) is 4.27. The van der Waals surface area contributed by atoms with Gasteiger partial charge in [-0.2, -0.15) is 0 Å². The first-order valence-electron chi connectivity index (χ1n) is 6.15. The minimum absolute atomic E-state index is 0. The van der Waals surface area contributed by atoms with Gasteiger partial charge in [-0.1, -0.05) is 6.92 Å². The number of likely N-dealkylation sites (N-methyl/N-ethyl adjacent to an activating group) is 1. The SMILES string of the molecule is CCc1nc(CCNC2=NCCN2C)sc1C.I. The zero-order chi connectivity index (χ0) is 12.3. The highest BCUT2D eigenvalue weighted by molar-refractivity contribution is 14.0. The van der Waals surface area contributed by atoms with E-state index in [1.54, 1.807) is 0 Å². The molecule has 1 aliphatic rings. The van der Waals surface area contributed by atoms with E-state index in [2.05, 4.69) is 41.1 Å². The Morgan fingerprint density at radius 1 is 1.44 bits per heavy atom. The lowest BCUT2D eigenvalue weighted by molar-refractivity contribution is 0.534. The van der Waals surface area contributed by atoms with E-state index in [-0.39, 0.29) is 24.0 Å². The van der Waals surface area contributed by atoms with Crippen molar-refractivity contribution in [2.24, 2.45) is 4.99 Å². The quantitative estimate of drug-likeness (QED) is 0.814. The van der Waals surface area contributed by atoms with E-state index in [1.807, 2.05) is 11.3 Å². The third-order valence-corrected chi connectivity index (χ3v) is 4.03. The molecular formula is C12H21IN4S. The largest absolute Gasteiger partial charge is 0.356 e. The first-order chi connectivity index (χ1) is 8.20. The van der Waals surface area contributed by atoms with Crippen LogP contribution in [0.15, 0.2) is 4.99 Å².